The van der Waals surface area contributed by atoms with Crippen molar-refractivity contribution in [2.75, 3.05) is 6.54 Å². The number of rotatable bonds is 5. The molecule has 0 amide bonds. The maximum atomic E-state index is 4.83. The summed E-state index contributed by atoms with van der Waals surface area (Å²) in [4.78, 5) is 11.9. The average molecular weight is 324 g/mol. The van der Waals surface area contributed by atoms with Gasteiger partial charge in [0.25, 0.3) is 0 Å². The molecule has 0 saturated carbocycles. The van der Waals surface area contributed by atoms with Gasteiger partial charge in [-0.15, -0.1) is 0 Å². The maximum absolute atomic E-state index is 4.83. The molecule has 4 heterocycles. The van der Waals surface area contributed by atoms with Crippen LogP contribution in [0.4, 0.5) is 0 Å². The molecule has 0 aromatic carbocycles. The fraction of sp³-hybridized carbons (Fsp3) is 0.500. The van der Waals surface area contributed by atoms with Crippen LogP contribution in [0.25, 0.3) is 5.65 Å². The molecule has 1 aliphatic rings. The van der Waals surface area contributed by atoms with Crippen LogP contribution in [0.15, 0.2) is 36.9 Å². The Hall–Kier alpha value is -2.21. The third-order valence-corrected chi connectivity index (χ3v) is 4.85. The van der Waals surface area contributed by atoms with Crippen molar-refractivity contribution in [2.45, 2.75) is 51.7 Å². The number of hydrogen-bond donors (Lipinski definition) is 0. The highest BCUT2D eigenvalue weighted by Crippen LogP contribution is 2.31. The predicted octanol–water partition coefficient (Wildman–Crippen LogP) is 3.06. The summed E-state index contributed by atoms with van der Waals surface area (Å²) in [6, 6.07) is 4.44. The maximum Gasteiger partial charge on any atom is 0.155 e. The highest BCUT2D eigenvalue weighted by molar-refractivity contribution is 5.37. The van der Waals surface area contributed by atoms with Crippen molar-refractivity contribution < 1.29 is 0 Å². The lowest BCUT2D eigenvalue weighted by molar-refractivity contribution is 0.132. The van der Waals surface area contributed by atoms with Gasteiger partial charge in [0.2, 0.25) is 0 Å². The van der Waals surface area contributed by atoms with Gasteiger partial charge in [-0.25, -0.2) is 14.5 Å². The van der Waals surface area contributed by atoms with Crippen LogP contribution in [-0.4, -0.2) is 35.6 Å². The molecular formula is C18H24N6. The molecule has 0 aliphatic carbocycles. The molecule has 0 radical (unpaired) electrons. The number of nitrogens with zero attached hydrogens (tertiary/aromatic N) is 6. The van der Waals surface area contributed by atoms with Gasteiger partial charge in [-0.3, -0.25) is 4.90 Å². The molecule has 24 heavy (non-hydrogen) atoms. The van der Waals surface area contributed by atoms with Gasteiger partial charge in [-0.1, -0.05) is 13.3 Å². The first-order valence-electron chi connectivity index (χ1n) is 8.89. The van der Waals surface area contributed by atoms with Crippen molar-refractivity contribution in [3.8, 4) is 0 Å². The molecule has 126 valence electrons. The van der Waals surface area contributed by atoms with E-state index in [4.69, 9.17) is 4.98 Å². The molecule has 1 aliphatic heterocycles. The van der Waals surface area contributed by atoms with Gasteiger partial charge in [0.05, 0.1) is 24.5 Å². The lowest BCUT2D eigenvalue weighted by Crippen LogP contribution is -2.34. The van der Waals surface area contributed by atoms with Gasteiger partial charge in [0.15, 0.2) is 5.65 Å². The van der Waals surface area contributed by atoms with Crippen LogP contribution in [-0.2, 0) is 13.1 Å². The third kappa shape index (κ3) is 2.94. The van der Waals surface area contributed by atoms with Crippen LogP contribution in [0.3, 0.4) is 0 Å². The Balaban J connectivity index is 1.59. The Morgan fingerprint density at radius 1 is 1.17 bits per heavy atom. The largest absolute Gasteiger partial charge is 0.334 e. The van der Waals surface area contributed by atoms with Gasteiger partial charge in [-0.2, -0.15) is 5.10 Å². The highest BCUT2D eigenvalue weighted by atomic mass is 15.3. The average Bonchev–Trinajstić information content (AvgIpc) is 3.24. The number of imidazole rings is 1. The first-order chi connectivity index (χ1) is 11.8. The zero-order valence-corrected chi connectivity index (χ0v) is 14.2. The van der Waals surface area contributed by atoms with Gasteiger partial charge >= 0.3 is 0 Å². The van der Waals surface area contributed by atoms with Crippen LogP contribution < -0.4 is 0 Å². The van der Waals surface area contributed by atoms with E-state index in [1.54, 1.807) is 6.20 Å². The Labute approximate surface area is 142 Å². The molecule has 6 heteroatoms. The van der Waals surface area contributed by atoms with Crippen LogP contribution in [0.1, 0.15) is 50.2 Å². The zero-order chi connectivity index (χ0) is 16.4. The quantitative estimate of drug-likeness (QED) is 0.724. The van der Waals surface area contributed by atoms with Crippen molar-refractivity contribution in [2.24, 2.45) is 0 Å². The summed E-state index contributed by atoms with van der Waals surface area (Å²) in [5.74, 6) is 1.16. The normalized spacial score (nSPS) is 19.1. The third-order valence-electron chi connectivity index (χ3n) is 4.85. The summed E-state index contributed by atoms with van der Waals surface area (Å²) in [6.07, 6.45) is 12.6. The number of aryl methyl sites for hydroxylation is 1. The minimum atomic E-state index is 0.366. The van der Waals surface area contributed by atoms with Gasteiger partial charge < -0.3 is 4.57 Å². The molecule has 6 nitrogen and oxygen atoms in total. The smallest absolute Gasteiger partial charge is 0.155 e. The summed E-state index contributed by atoms with van der Waals surface area (Å²) in [6.45, 7) is 5.24. The number of piperidine rings is 1. The zero-order valence-electron chi connectivity index (χ0n) is 14.2. The summed E-state index contributed by atoms with van der Waals surface area (Å²) in [7, 11) is 0. The van der Waals surface area contributed by atoms with Crippen molar-refractivity contribution >= 4 is 5.65 Å². The molecular weight excluding hydrogens is 300 g/mol. The van der Waals surface area contributed by atoms with Crippen LogP contribution in [0.2, 0.25) is 0 Å². The second-order valence-corrected chi connectivity index (χ2v) is 6.51. The molecule has 0 bridgehead atoms. The van der Waals surface area contributed by atoms with E-state index in [0.29, 0.717) is 6.04 Å². The van der Waals surface area contributed by atoms with E-state index in [2.05, 4.69) is 38.7 Å². The van der Waals surface area contributed by atoms with Crippen LogP contribution >= 0.6 is 0 Å². The minimum Gasteiger partial charge on any atom is -0.334 e. The molecule has 3 aromatic heterocycles. The second kappa shape index (κ2) is 6.73. The van der Waals surface area contributed by atoms with E-state index in [1.165, 1.54) is 12.8 Å². The lowest BCUT2D eigenvalue weighted by Gasteiger charge is -2.35. The summed E-state index contributed by atoms with van der Waals surface area (Å²) < 4.78 is 4.10. The van der Waals surface area contributed by atoms with E-state index in [0.717, 1.165) is 49.6 Å². The van der Waals surface area contributed by atoms with Crippen molar-refractivity contribution in [3.05, 3.63) is 48.4 Å². The molecule has 1 unspecified atom stereocenters. The van der Waals surface area contributed by atoms with E-state index < -0.39 is 0 Å². The standard InChI is InChI=1S/C18H24N6/c1-2-10-22-13-9-19-18(22)14-23-11-4-3-5-16(23)15-7-12-24-17(21-15)6-8-20-24/h6-9,12-13,16H,2-5,10-11,14H2,1H3. The minimum absolute atomic E-state index is 0.366. The predicted molar refractivity (Wildman–Crippen MR) is 92.5 cm³/mol. The lowest BCUT2D eigenvalue weighted by atomic mass is 9.99. The first kappa shape index (κ1) is 15.3. The van der Waals surface area contributed by atoms with Crippen molar-refractivity contribution in [1.82, 2.24) is 29.0 Å². The summed E-state index contributed by atoms with van der Waals surface area (Å²) >= 11 is 0. The van der Waals surface area contributed by atoms with E-state index in [9.17, 15) is 0 Å². The van der Waals surface area contributed by atoms with E-state index in [-0.39, 0.29) is 0 Å². The van der Waals surface area contributed by atoms with E-state index in [1.807, 2.05) is 23.0 Å². The molecule has 1 atom stereocenters. The highest BCUT2D eigenvalue weighted by Gasteiger charge is 2.26. The molecule has 4 rings (SSSR count). The number of fused-ring (bicyclic) bond motifs is 1. The SMILES string of the molecule is CCCn1ccnc1CN1CCCCC1c1ccn2nccc2n1. The van der Waals surface area contributed by atoms with Crippen LogP contribution in [0.5, 0.6) is 0 Å². The number of aromatic nitrogens is 5. The second-order valence-electron chi connectivity index (χ2n) is 6.51. The number of likely N-dealkylation sites (tertiary alicyclic amines) is 1. The van der Waals surface area contributed by atoms with Gasteiger partial charge in [-0.05, 0) is 31.9 Å². The molecule has 1 fully saturated rings. The molecule has 3 aromatic rings. The molecule has 0 N–H and O–H groups in total. The fourth-order valence-corrected chi connectivity index (χ4v) is 3.65. The Morgan fingerprint density at radius 3 is 3.04 bits per heavy atom. The number of hydrogen-bond acceptors (Lipinski definition) is 4. The Bertz CT molecular complexity index is 805. The summed E-state index contributed by atoms with van der Waals surface area (Å²) in [5.41, 5.74) is 2.07. The Kier molecular flexibility index (Phi) is 4.30. The summed E-state index contributed by atoms with van der Waals surface area (Å²) in [5, 5.41) is 4.24. The van der Waals surface area contributed by atoms with E-state index >= 15 is 0 Å². The van der Waals surface area contributed by atoms with Gasteiger partial charge in [0.1, 0.15) is 5.82 Å². The Morgan fingerprint density at radius 2 is 2.12 bits per heavy atom. The molecule has 0 spiro atoms. The monoisotopic (exact) mass is 324 g/mol. The molecule has 1 saturated heterocycles. The fourth-order valence-electron chi connectivity index (χ4n) is 3.65. The first-order valence-corrected chi connectivity index (χ1v) is 8.89. The van der Waals surface area contributed by atoms with Crippen molar-refractivity contribution in [1.29, 1.82) is 0 Å². The van der Waals surface area contributed by atoms with Crippen LogP contribution in [0, 0.1) is 0 Å². The van der Waals surface area contributed by atoms with Gasteiger partial charge in [0, 0.05) is 31.2 Å². The van der Waals surface area contributed by atoms with Crippen molar-refractivity contribution in [3.63, 3.8) is 0 Å². The topological polar surface area (TPSA) is 51.2 Å².